The summed E-state index contributed by atoms with van der Waals surface area (Å²) in [7, 11) is 0. The Balaban J connectivity index is 1.91. The highest BCUT2D eigenvalue weighted by atomic mass is 15.4. The minimum absolute atomic E-state index is 1.04. The third-order valence-electron chi connectivity index (χ3n) is 4.11. The van der Waals surface area contributed by atoms with Crippen molar-refractivity contribution in [2.75, 3.05) is 0 Å². The summed E-state index contributed by atoms with van der Waals surface area (Å²) in [6.45, 7) is 5.53. The molecule has 1 rings (SSSR count). The quantitative estimate of drug-likeness (QED) is 0.421. The van der Waals surface area contributed by atoms with Gasteiger partial charge in [0, 0.05) is 12.7 Å². The molecule has 0 radical (unpaired) electrons. The van der Waals surface area contributed by atoms with Gasteiger partial charge >= 0.3 is 0 Å². The predicted octanol–water partition coefficient (Wildman–Crippen LogP) is 5.54. The average molecular weight is 293 g/mol. The van der Waals surface area contributed by atoms with Crippen LogP contribution in [0.15, 0.2) is 6.20 Å². The van der Waals surface area contributed by atoms with E-state index in [2.05, 4.69) is 30.4 Å². The van der Waals surface area contributed by atoms with Crippen molar-refractivity contribution in [1.82, 2.24) is 15.0 Å². The SMILES string of the molecule is CCCCCCCCCCCCn1cc(CCCC)nn1. The molecule has 1 aromatic heterocycles. The molecule has 0 spiro atoms. The van der Waals surface area contributed by atoms with Crippen molar-refractivity contribution < 1.29 is 0 Å². The van der Waals surface area contributed by atoms with Crippen LogP contribution in [-0.2, 0) is 13.0 Å². The molecule has 122 valence electrons. The normalized spacial score (nSPS) is 11.1. The Morgan fingerprint density at radius 2 is 1.33 bits per heavy atom. The van der Waals surface area contributed by atoms with E-state index in [-0.39, 0.29) is 0 Å². The molecule has 0 saturated heterocycles. The number of rotatable bonds is 14. The highest BCUT2D eigenvalue weighted by molar-refractivity contribution is 4.91. The highest BCUT2D eigenvalue weighted by Crippen LogP contribution is 2.11. The average Bonchev–Trinajstić information content (AvgIpc) is 2.95. The van der Waals surface area contributed by atoms with E-state index in [1.807, 2.05) is 4.68 Å². The predicted molar refractivity (Wildman–Crippen MR) is 90.5 cm³/mol. The van der Waals surface area contributed by atoms with Gasteiger partial charge in [0.2, 0.25) is 0 Å². The summed E-state index contributed by atoms with van der Waals surface area (Å²) in [4.78, 5) is 0. The summed E-state index contributed by atoms with van der Waals surface area (Å²) in [6.07, 6.45) is 19.5. The van der Waals surface area contributed by atoms with Gasteiger partial charge in [0.05, 0.1) is 5.69 Å². The fraction of sp³-hybridized carbons (Fsp3) is 0.889. The van der Waals surface area contributed by atoms with Gasteiger partial charge in [-0.1, -0.05) is 83.3 Å². The van der Waals surface area contributed by atoms with E-state index in [9.17, 15) is 0 Å². The van der Waals surface area contributed by atoms with Crippen LogP contribution < -0.4 is 0 Å². The molecule has 1 aromatic rings. The van der Waals surface area contributed by atoms with Crippen LogP contribution in [0.4, 0.5) is 0 Å². The van der Waals surface area contributed by atoms with Gasteiger partial charge in [0.1, 0.15) is 0 Å². The number of aromatic nitrogens is 3. The molecule has 0 atom stereocenters. The van der Waals surface area contributed by atoms with E-state index in [0.29, 0.717) is 0 Å². The Morgan fingerprint density at radius 1 is 0.762 bits per heavy atom. The monoisotopic (exact) mass is 293 g/mol. The van der Waals surface area contributed by atoms with Crippen LogP contribution in [0.25, 0.3) is 0 Å². The number of aryl methyl sites for hydroxylation is 2. The first-order chi connectivity index (χ1) is 10.4. The standard InChI is InChI=1S/C18H35N3/c1-3-5-7-8-9-10-11-12-13-14-16-21-17-18(19-20-21)15-6-4-2/h17H,3-16H2,1-2H3. The largest absolute Gasteiger partial charge is 0.252 e. The zero-order valence-electron chi connectivity index (χ0n) is 14.3. The second-order valence-corrected chi connectivity index (χ2v) is 6.26. The topological polar surface area (TPSA) is 30.7 Å². The summed E-state index contributed by atoms with van der Waals surface area (Å²) >= 11 is 0. The van der Waals surface area contributed by atoms with Crippen molar-refractivity contribution in [1.29, 1.82) is 0 Å². The Labute approximate surface area is 131 Å². The summed E-state index contributed by atoms with van der Waals surface area (Å²) in [6, 6.07) is 0. The van der Waals surface area contributed by atoms with Crippen molar-refractivity contribution in [3.8, 4) is 0 Å². The highest BCUT2D eigenvalue weighted by Gasteiger charge is 2.00. The van der Waals surface area contributed by atoms with E-state index in [1.54, 1.807) is 0 Å². The third kappa shape index (κ3) is 9.65. The Hall–Kier alpha value is -0.860. The minimum atomic E-state index is 1.04. The molecule has 0 amide bonds. The van der Waals surface area contributed by atoms with E-state index in [4.69, 9.17) is 0 Å². The maximum absolute atomic E-state index is 4.23. The Bertz CT molecular complexity index is 333. The van der Waals surface area contributed by atoms with Crippen molar-refractivity contribution in [3.05, 3.63) is 11.9 Å². The van der Waals surface area contributed by atoms with Crippen LogP contribution in [0.5, 0.6) is 0 Å². The molecule has 0 aromatic carbocycles. The van der Waals surface area contributed by atoms with Crippen molar-refractivity contribution in [2.45, 2.75) is 104 Å². The van der Waals surface area contributed by atoms with Crippen LogP contribution in [0, 0.1) is 0 Å². The van der Waals surface area contributed by atoms with Crippen LogP contribution in [0.2, 0.25) is 0 Å². The molecule has 0 fully saturated rings. The summed E-state index contributed by atoms with van der Waals surface area (Å²) in [5.74, 6) is 0. The molecule has 1 heterocycles. The molecule has 0 aliphatic rings. The molecule has 3 nitrogen and oxygen atoms in total. The van der Waals surface area contributed by atoms with Crippen molar-refractivity contribution in [3.63, 3.8) is 0 Å². The first-order valence-electron chi connectivity index (χ1n) is 9.25. The molecule has 0 N–H and O–H groups in total. The second-order valence-electron chi connectivity index (χ2n) is 6.26. The summed E-state index contributed by atoms with van der Waals surface area (Å²) in [5.41, 5.74) is 1.16. The second kappa shape index (κ2) is 12.8. The van der Waals surface area contributed by atoms with Crippen LogP contribution in [0.1, 0.15) is 96.6 Å². The lowest BCUT2D eigenvalue weighted by Gasteiger charge is -2.02. The van der Waals surface area contributed by atoms with Gasteiger partial charge in [-0.05, 0) is 19.3 Å². The fourth-order valence-corrected chi connectivity index (χ4v) is 2.68. The Kier molecular flexibility index (Phi) is 11.1. The first-order valence-corrected chi connectivity index (χ1v) is 9.25. The molecule has 0 aliphatic carbocycles. The molecular weight excluding hydrogens is 258 g/mol. The van der Waals surface area contributed by atoms with Gasteiger partial charge in [0.15, 0.2) is 0 Å². The van der Waals surface area contributed by atoms with Gasteiger partial charge in [-0.3, -0.25) is 4.68 Å². The van der Waals surface area contributed by atoms with E-state index < -0.39 is 0 Å². The lowest BCUT2D eigenvalue weighted by Crippen LogP contribution is -1.98. The maximum atomic E-state index is 4.23. The number of nitrogens with zero attached hydrogens (tertiary/aromatic N) is 3. The van der Waals surface area contributed by atoms with Crippen LogP contribution in [-0.4, -0.2) is 15.0 Å². The van der Waals surface area contributed by atoms with Crippen molar-refractivity contribution in [2.24, 2.45) is 0 Å². The van der Waals surface area contributed by atoms with E-state index >= 15 is 0 Å². The molecule has 0 unspecified atom stereocenters. The lowest BCUT2D eigenvalue weighted by molar-refractivity contribution is 0.507. The lowest BCUT2D eigenvalue weighted by atomic mass is 10.1. The molecule has 0 saturated carbocycles. The van der Waals surface area contributed by atoms with Crippen LogP contribution >= 0.6 is 0 Å². The molecule has 0 aliphatic heterocycles. The van der Waals surface area contributed by atoms with E-state index in [1.165, 1.54) is 77.0 Å². The Morgan fingerprint density at radius 3 is 1.95 bits per heavy atom. The maximum Gasteiger partial charge on any atom is 0.0827 e. The molecular formula is C18H35N3. The third-order valence-corrected chi connectivity index (χ3v) is 4.11. The van der Waals surface area contributed by atoms with Gasteiger partial charge in [-0.15, -0.1) is 5.10 Å². The first kappa shape index (κ1) is 18.2. The number of unbranched alkanes of at least 4 members (excludes halogenated alkanes) is 10. The number of hydrogen-bond acceptors (Lipinski definition) is 2. The van der Waals surface area contributed by atoms with Gasteiger partial charge < -0.3 is 0 Å². The van der Waals surface area contributed by atoms with E-state index in [0.717, 1.165) is 18.7 Å². The fourth-order valence-electron chi connectivity index (χ4n) is 2.68. The smallest absolute Gasteiger partial charge is 0.0827 e. The number of hydrogen-bond donors (Lipinski definition) is 0. The molecule has 3 heteroatoms. The molecule has 0 bridgehead atoms. The summed E-state index contributed by atoms with van der Waals surface area (Å²) in [5, 5.41) is 8.44. The van der Waals surface area contributed by atoms with Crippen molar-refractivity contribution >= 4 is 0 Å². The summed E-state index contributed by atoms with van der Waals surface area (Å²) < 4.78 is 2.02. The van der Waals surface area contributed by atoms with Gasteiger partial charge in [-0.2, -0.15) is 0 Å². The molecule has 21 heavy (non-hydrogen) atoms. The zero-order valence-corrected chi connectivity index (χ0v) is 14.3. The zero-order chi connectivity index (χ0) is 15.2. The van der Waals surface area contributed by atoms with Gasteiger partial charge in [0.25, 0.3) is 0 Å². The minimum Gasteiger partial charge on any atom is -0.252 e. The van der Waals surface area contributed by atoms with Crippen LogP contribution in [0.3, 0.4) is 0 Å². The van der Waals surface area contributed by atoms with Gasteiger partial charge in [-0.25, -0.2) is 0 Å².